The number of ether oxygens (including phenoxy) is 1. The van der Waals surface area contributed by atoms with Gasteiger partial charge in [-0.15, -0.1) is 11.3 Å². The highest BCUT2D eigenvalue weighted by Gasteiger charge is 2.41. The third-order valence-electron chi connectivity index (χ3n) is 3.81. The molecule has 2 rings (SSSR count). The van der Waals surface area contributed by atoms with Gasteiger partial charge < -0.3 is 15.6 Å². The summed E-state index contributed by atoms with van der Waals surface area (Å²) in [6.07, 6.45) is 0.664. The number of nitrogens with zero attached hydrogens (tertiary/aromatic N) is 1. The molecule has 23 heavy (non-hydrogen) atoms. The Morgan fingerprint density at radius 3 is 2.70 bits per heavy atom. The van der Waals surface area contributed by atoms with E-state index in [9.17, 15) is 14.7 Å². The van der Waals surface area contributed by atoms with E-state index < -0.39 is 29.7 Å². The number of rotatable bonds is 4. The number of carboxylic acids is 1. The quantitative estimate of drug-likeness (QED) is 0.816. The second-order valence-electron chi connectivity index (χ2n) is 6.77. The lowest BCUT2D eigenvalue weighted by atomic mass is 9.92. The lowest BCUT2D eigenvalue weighted by Crippen LogP contribution is -2.56. The highest BCUT2D eigenvalue weighted by atomic mass is 32.1. The van der Waals surface area contributed by atoms with Crippen LogP contribution in [0.3, 0.4) is 0 Å². The molecule has 1 aliphatic rings. The summed E-state index contributed by atoms with van der Waals surface area (Å²) in [6, 6.07) is 2.78. The van der Waals surface area contributed by atoms with Gasteiger partial charge in [-0.1, -0.05) is 6.07 Å². The summed E-state index contributed by atoms with van der Waals surface area (Å²) in [4.78, 5) is 26.5. The van der Waals surface area contributed by atoms with Gasteiger partial charge in [-0.25, -0.2) is 0 Å². The molecule has 1 aliphatic heterocycles. The Morgan fingerprint density at radius 1 is 1.48 bits per heavy atom. The van der Waals surface area contributed by atoms with Crippen LogP contribution >= 0.6 is 11.3 Å². The Morgan fingerprint density at radius 2 is 2.17 bits per heavy atom. The molecule has 1 aromatic heterocycles. The maximum Gasteiger partial charge on any atom is 0.326 e. The number of likely N-dealkylation sites (tertiary alicyclic amines) is 1. The number of carboxylic acid groups (broad SMARTS) is 1. The predicted molar refractivity (Wildman–Crippen MR) is 87.9 cm³/mol. The van der Waals surface area contributed by atoms with E-state index in [1.165, 1.54) is 11.3 Å². The van der Waals surface area contributed by atoms with Gasteiger partial charge in [0, 0.05) is 11.4 Å². The Kier molecular flexibility index (Phi) is 5.44. The Hall–Kier alpha value is -1.44. The van der Waals surface area contributed by atoms with Crippen LogP contribution in [-0.2, 0) is 14.3 Å². The minimum absolute atomic E-state index is 0.356. The SMILES string of the molecule is CC(C)(C)OC(=O)C1CCCN(C(C(=O)O)c2cccs2)C1N. The number of esters is 1. The lowest BCUT2D eigenvalue weighted by molar-refractivity contribution is -0.167. The molecule has 3 atom stereocenters. The van der Waals surface area contributed by atoms with Gasteiger partial charge in [0.1, 0.15) is 11.6 Å². The molecule has 128 valence electrons. The van der Waals surface area contributed by atoms with Gasteiger partial charge >= 0.3 is 11.9 Å². The van der Waals surface area contributed by atoms with Gasteiger partial charge in [0.2, 0.25) is 0 Å². The van der Waals surface area contributed by atoms with Crippen LogP contribution < -0.4 is 5.73 Å². The van der Waals surface area contributed by atoms with Crippen LogP contribution in [-0.4, -0.2) is 40.3 Å². The van der Waals surface area contributed by atoms with Crippen LogP contribution in [0.2, 0.25) is 0 Å². The molecule has 1 aromatic rings. The number of aliphatic carboxylic acids is 1. The number of thiophene rings is 1. The Bertz CT molecular complexity index is 553. The topological polar surface area (TPSA) is 92.9 Å². The Balaban J connectivity index is 2.19. The summed E-state index contributed by atoms with van der Waals surface area (Å²) in [5, 5.41) is 11.5. The number of nitrogens with two attached hydrogens (primary N) is 1. The molecule has 0 amide bonds. The largest absolute Gasteiger partial charge is 0.480 e. The fraction of sp³-hybridized carbons (Fsp3) is 0.625. The first-order valence-electron chi connectivity index (χ1n) is 7.71. The maximum atomic E-state index is 12.4. The average molecular weight is 340 g/mol. The fourth-order valence-electron chi connectivity index (χ4n) is 2.85. The first kappa shape index (κ1) is 17.9. The molecule has 1 fully saturated rings. The first-order chi connectivity index (χ1) is 10.7. The van der Waals surface area contributed by atoms with Crippen molar-refractivity contribution >= 4 is 23.3 Å². The van der Waals surface area contributed by atoms with Gasteiger partial charge in [0.15, 0.2) is 0 Å². The summed E-state index contributed by atoms with van der Waals surface area (Å²) in [7, 11) is 0. The molecular formula is C16H24N2O4S. The molecule has 3 N–H and O–H groups in total. The molecule has 0 saturated carbocycles. The molecule has 6 nitrogen and oxygen atoms in total. The van der Waals surface area contributed by atoms with Gasteiger partial charge in [-0.2, -0.15) is 0 Å². The number of piperidine rings is 1. The second kappa shape index (κ2) is 6.98. The molecule has 1 saturated heterocycles. The van der Waals surface area contributed by atoms with Crippen molar-refractivity contribution in [3.63, 3.8) is 0 Å². The average Bonchev–Trinajstić information content (AvgIpc) is 2.92. The zero-order chi connectivity index (χ0) is 17.2. The number of hydrogen-bond acceptors (Lipinski definition) is 6. The van der Waals surface area contributed by atoms with E-state index in [0.29, 0.717) is 19.4 Å². The first-order valence-corrected chi connectivity index (χ1v) is 8.59. The van der Waals surface area contributed by atoms with Crippen molar-refractivity contribution in [3.8, 4) is 0 Å². The smallest absolute Gasteiger partial charge is 0.326 e. The monoisotopic (exact) mass is 340 g/mol. The fourth-order valence-corrected chi connectivity index (χ4v) is 3.69. The summed E-state index contributed by atoms with van der Waals surface area (Å²) in [5.41, 5.74) is 5.67. The molecule has 3 unspecified atom stereocenters. The van der Waals surface area contributed by atoms with Crippen LogP contribution in [0, 0.1) is 5.92 Å². The standard InChI is InChI=1S/C16H24N2O4S/c1-16(2,3)22-15(21)10-6-4-8-18(13(10)17)12(14(19)20)11-7-5-9-23-11/h5,7,9-10,12-13H,4,6,8,17H2,1-3H3,(H,19,20). The van der Waals surface area contributed by atoms with Gasteiger partial charge in [-0.05, 0) is 45.1 Å². The van der Waals surface area contributed by atoms with Crippen LogP contribution in [0.25, 0.3) is 0 Å². The third kappa shape index (κ3) is 4.31. The summed E-state index contributed by atoms with van der Waals surface area (Å²) in [6.45, 7) is 5.98. The van der Waals surface area contributed by atoms with E-state index in [1.807, 2.05) is 32.2 Å². The zero-order valence-corrected chi connectivity index (χ0v) is 14.5. The van der Waals surface area contributed by atoms with Crippen LogP contribution in [0.15, 0.2) is 17.5 Å². The van der Waals surface area contributed by atoms with E-state index in [4.69, 9.17) is 10.5 Å². The normalized spacial score (nSPS) is 24.2. The van der Waals surface area contributed by atoms with Gasteiger partial charge in [-0.3, -0.25) is 14.5 Å². The minimum Gasteiger partial charge on any atom is -0.480 e. The molecule has 2 heterocycles. The van der Waals surface area contributed by atoms with E-state index in [2.05, 4.69) is 0 Å². The molecule has 0 radical (unpaired) electrons. The van der Waals surface area contributed by atoms with Crippen LogP contribution in [0.1, 0.15) is 44.5 Å². The van der Waals surface area contributed by atoms with E-state index >= 15 is 0 Å². The minimum atomic E-state index is -0.951. The van der Waals surface area contributed by atoms with E-state index in [1.54, 1.807) is 11.0 Å². The molecular weight excluding hydrogens is 316 g/mol. The van der Waals surface area contributed by atoms with Crippen molar-refractivity contribution in [1.29, 1.82) is 0 Å². The van der Waals surface area contributed by atoms with Crippen LogP contribution in [0.4, 0.5) is 0 Å². The third-order valence-corrected chi connectivity index (χ3v) is 4.74. The molecule has 7 heteroatoms. The van der Waals surface area contributed by atoms with Crippen molar-refractivity contribution in [2.75, 3.05) is 6.54 Å². The highest BCUT2D eigenvalue weighted by Crippen LogP contribution is 2.33. The zero-order valence-electron chi connectivity index (χ0n) is 13.7. The summed E-state index contributed by atoms with van der Waals surface area (Å²) in [5.74, 6) is -1.82. The van der Waals surface area contributed by atoms with Gasteiger partial charge in [0.25, 0.3) is 0 Å². The molecule has 0 aliphatic carbocycles. The van der Waals surface area contributed by atoms with Crippen molar-refractivity contribution < 1.29 is 19.4 Å². The second-order valence-corrected chi connectivity index (χ2v) is 7.75. The lowest BCUT2D eigenvalue weighted by Gasteiger charge is -2.41. The van der Waals surface area contributed by atoms with Gasteiger partial charge in [0.05, 0.1) is 12.1 Å². The molecule has 0 bridgehead atoms. The molecule has 0 spiro atoms. The summed E-state index contributed by atoms with van der Waals surface area (Å²) >= 11 is 1.38. The van der Waals surface area contributed by atoms with E-state index in [0.717, 1.165) is 4.88 Å². The molecule has 0 aromatic carbocycles. The van der Waals surface area contributed by atoms with Crippen molar-refractivity contribution in [3.05, 3.63) is 22.4 Å². The van der Waals surface area contributed by atoms with Crippen LogP contribution in [0.5, 0.6) is 0 Å². The summed E-state index contributed by atoms with van der Waals surface area (Å²) < 4.78 is 5.44. The number of hydrogen-bond donors (Lipinski definition) is 2. The van der Waals surface area contributed by atoms with Crippen molar-refractivity contribution in [2.45, 2.75) is 51.4 Å². The van der Waals surface area contributed by atoms with Crippen molar-refractivity contribution in [1.82, 2.24) is 4.90 Å². The van der Waals surface area contributed by atoms with Crippen molar-refractivity contribution in [2.24, 2.45) is 11.7 Å². The highest BCUT2D eigenvalue weighted by molar-refractivity contribution is 7.10. The number of carbonyl (C=O) groups is 2. The number of carbonyl (C=O) groups excluding carboxylic acids is 1. The predicted octanol–water partition coefficient (Wildman–Crippen LogP) is 2.21. The maximum absolute atomic E-state index is 12.4. The van der Waals surface area contributed by atoms with E-state index in [-0.39, 0.29) is 5.97 Å². The Labute approximate surface area is 140 Å².